The highest BCUT2D eigenvalue weighted by Crippen LogP contribution is 2.20. The third-order valence-corrected chi connectivity index (χ3v) is 4.68. The second-order valence-corrected chi connectivity index (χ2v) is 7.55. The van der Waals surface area contributed by atoms with E-state index in [1.54, 1.807) is 12.1 Å². The Morgan fingerprint density at radius 1 is 1.00 bits per heavy atom. The number of nitrogens with one attached hydrogen (secondary N) is 1. The SMILES string of the molecule is CS(=O)(=O)c1ccc(-c2nc(F)cc(NCc3ccccc3)n2)cc1. The maximum Gasteiger partial charge on any atom is 0.218 e. The van der Waals surface area contributed by atoms with Crippen molar-refractivity contribution in [3.05, 3.63) is 72.2 Å². The number of halogens is 1. The number of nitrogens with zero attached hydrogens (tertiary/aromatic N) is 2. The van der Waals surface area contributed by atoms with Gasteiger partial charge in [-0.05, 0) is 29.8 Å². The lowest BCUT2D eigenvalue weighted by atomic mass is 10.2. The van der Waals surface area contributed by atoms with E-state index in [0.29, 0.717) is 17.9 Å². The molecule has 3 rings (SSSR count). The predicted octanol–water partition coefficient (Wildman–Crippen LogP) is 3.30. The monoisotopic (exact) mass is 357 g/mol. The Bertz CT molecular complexity index is 975. The summed E-state index contributed by atoms with van der Waals surface area (Å²) in [6, 6.07) is 16.9. The Morgan fingerprint density at radius 2 is 1.68 bits per heavy atom. The van der Waals surface area contributed by atoms with Crippen molar-refractivity contribution >= 4 is 15.7 Å². The minimum absolute atomic E-state index is 0.190. The standard InChI is InChI=1S/C18H16FN3O2S/c1-25(23,24)15-9-7-14(8-10-15)18-21-16(19)11-17(22-18)20-12-13-5-3-2-4-6-13/h2-11H,12H2,1H3,(H,20,21,22). The molecule has 0 radical (unpaired) electrons. The predicted molar refractivity (Wildman–Crippen MR) is 94.3 cm³/mol. The zero-order valence-corrected chi connectivity index (χ0v) is 14.3. The average molecular weight is 357 g/mol. The Kier molecular flexibility index (Phi) is 4.76. The van der Waals surface area contributed by atoms with Crippen molar-refractivity contribution in [2.75, 3.05) is 11.6 Å². The molecule has 0 fully saturated rings. The highest BCUT2D eigenvalue weighted by atomic mass is 32.2. The molecular formula is C18H16FN3O2S. The van der Waals surface area contributed by atoms with E-state index in [-0.39, 0.29) is 10.7 Å². The minimum Gasteiger partial charge on any atom is -0.366 e. The lowest BCUT2D eigenvalue weighted by Gasteiger charge is -2.08. The summed E-state index contributed by atoms with van der Waals surface area (Å²) in [5.41, 5.74) is 1.58. The molecule has 2 aromatic carbocycles. The highest BCUT2D eigenvalue weighted by Gasteiger charge is 2.10. The van der Waals surface area contributed by atoms with Gasteiger partial charge >= 0.3 is 0 Å². The lowest BCUT2D eigenvalue weighted by molar-refractivity contribution is 0.582. The van der Waals surface area contributed by atoms with E-state index in [9.17, 15) is 12.8 Å². The number of anilines is 1. The van der Waals surface area contributed by atoms with Crippen LogP contribution in [0.5, 0.6) is 0 Å². The van der Waals surface area contributed by atoms with Gasteiger partial charge in [-0.25, -0.2) is 13.4 Å². The fraction of sp³-hybridized carbons (Fsp3) is 0.111. The van der Waals surface area contributed by atoms with Crippen molar-refractivity contribution in [2.45, 2.75) is 11.4 Å². The molecule has 1 N–H and O–H groups in total. The molecule has 0 saturated heterocycles. The Hall–Kier alpha value is -2.80. The third kappa shape index (κ3) is 4.39. The molecule has 0 aliphatic rings. The third-order valence-electron chi connectivity index (χ3n) is 3.55. The molecule has 3 aromatic rings. The van der Waals surface area contributed by atoms with Crippen LogP contribution >= 0.6 is 0 Å². The van der Waals surface area contributed by atoms with Gasteiger partial charge in [0.2, 0.25) is 5.95 Å². The van der Waals surface area contributed by atoms with Crippen LogP contribution in [0.4, 0.5) is 10.2 Å². The van der Waals surface area contributed by atoms with Crippen molar-refractivity contribution in [2.24, 2.45) is 0 Å². The van der Waals surface area contributed by atoms with Crippen molar-refractivity contribution in [3.63, 3.8) is 0 Å². The quantitative estimate of drug-likeness (QED) is 0.710. The second kappa shape index (κ2) is 6.98. The van der Waals surface area contributed by atoms with Gasteiger partial charge in [0, 0.05) is 24.4 Å². The summed E-state index contributed by atoms with van der Waals surface area (Å²) in [5, 5.41) is 3.06. The summed E-state index contributed by atoms with van der Waals surface area (Å²) in [5.74, 6) is -0.109. The molecule has 0 aliphatic heterocycles. The van der Waals surface area contributed by atoms with Crippen LogP contribution < -0.4 is 5.32 Å². The van der Waals surface area contributed by atoms with Crippen LogP contribution in [0.25, 0.3) is 11.4 Å². The molecule has 0 unspecified atom stereocenters. The van der Waals surface area contributed by atoms with Crippen LogP contribution in [0.1, 0.15) is 5.56 Å². The maximum atomic E-state index is 13.8. The fourth-order valence-corrected chi connectivity index (χ4v) is 2.91. The van der Waals surface area contributed by atoms with Crippen molar-refractivity contribution in [1.29, 1.82) is 0 Å². The van der Waals surface area contributed by atoms with Gasteiger partial charge in [-0.15, -0.1) is 0 Å². The van der Waals surface area contributed by atoms with Gasteiger partial charge in [0.25, 0.3) is 0 Å². The summed E-state index contributed by atoms with van der Waals surface area (Å²) in [4.78, 5) is 8.27. The molecule has 0 bridgehead atoms. The molecule has 128 valence electrons. The molecule has 0 atom stereocenters. The molecule has 0 aliphatic carbocycles. The van der Waals surface area contributed by atoms with Gasteiger partial charge in [-0.3, -0.25) is 0 Å². The van der Waals surface area contributed by atoms with Crippen molar-refractivity contribution < 1.29 is 12.8 Å². The van der Waals surface area contributed by atoms with Gasteiger partial charge in [-0.1, -0.05) is 30.3 Å². The highest BCUT2D eigenvalue weighted by molar-refractivity contribution is 7.90. The Labute approximate surface area is 145 Å². The first-order valence-electron chi connectivity index (χ1n) is 7.55. The first kappa shape index (κ1) is 17.0. The molecule has 0 spiro atoms. The van der Waals surface area contributed by atoms with E-state index < -0.39 is 15.8 Å². The number of rotatable bonds is 5. The van der Waals surface area contributed by atoms with Gasteiger partial charge < -0.3 is 5.32 Å². The van der Waals surface area contributed by atoms with E-state index in [4.69, 9.17) is 0 Å². The number of hydrogen-bond donors (Lipinski definition) is 1. The number of hydrogen-bond acceptors (Lipinski definition) is 5. The van der Waals surface area contributed by atoms with Crippen LogP contribution in [-0.4, -0.2) is 24.6 Å². The molecule has 1 heterocycles. The first-order chi connectivity index (χ1) is 11.9. The molecule has 25 heavy (non-hydrogen) atoms. The number of aromatic nitrogens is 2. The lowest BCUT2D eigenvalue weighted by Crippen LogP contribution is -2.04. The topological polar surface area (TPSA) is 72.0 Å². The fourth-order valence-electron chi connectivity index (χ4n) is 2.28. The van der Waals surface area contributed by atoms with E-state index in [0.717, 1.165) is 11.8 Å². The van der Waals surface area contributed by atoms with E-state index in [1.807, 2.05) is 30.3 Å². The van der Waals surface area contributed by atoms with Crippen LogP contribution in [-0.2, 0) is 16.4 Å². The zero-order valence-electron chi connectivity index (χ0n) is 13.5. The molecule has 1 aromatic heterocycles. The number of sulfone groups is 1. The summed E-state index contributed by atoms with van der Waals surface area (Å²) in [6.45, 7) is 0.504. The van der Waals surface area contributed by atoms with Crippen LogP contribution in [0.2, 0.25) is 0 Å². The number of benzene rings is 2. The molecular weight excluding hydrogens is 341 g/mol. The second-order valence-electron chi connectivity index (χ2n) is 5.54. The first-order valence-corrected chi connectivity index (χ1v) is 9.44. The van der Waals surface area contributed by atoms with Gasteiger partial charge in [0.1, 0.15) is 5.82 Å². The zero-order chi connectivity index (χ0) is 17.9. The summed E-state index contributed by atoms with van der Waals surface area (Å²) < 4.78 is 36.8. The normalized spacial score (nSPS) is 11.3. The minimum atomic E-state index is -3.28. The van der Waals surface area contributed by atoms with Gasteiger partial charge in [-0.2, -0.15) is 9.37 Å². The van der Waals surface area contributed by atoms with Crippen LogP contribution in [0, 0.1) is 5.95 Å². The van der Waals surface area contributed by atoms with Gasteiger partial charge in [0.05, 0.1) is 4.90 Å². The molecule has 5 nitrogen and oxygen atoms in total. The average Bonchev–Trinajstić information content (AvgIpc) is 2.60. The van der Waals surface area contributed by atoms with Gasteiger partial charge in [0.15, 0.2) is 15.7 Å². The van der Waals surface area contributed by atoms with Crippen molar-refractivity contribution in [1.82, 2.24) is 9.97 Å². The van der Waals surface area contributed by atoms with E-state index >= 15 is 0 Å². The maximum absolute atomic E-state index is 13.8. The van der Waals surface area contributed by atoms with E-state index in [1.165, 1.54) is 18.2 Å². The smallest absolute Gasteiger partial charge is 0.218 e. The Morgan fingerprint density at radius 3 is 2.32 bits per heavy atom. The van der Waals surface area contributed by atoms with E-state index in [2.05, 4.69) is 15.3 Å². The van der Waals surface area contributed by atoms with Crippen LogP contribution in [0.15, 0.2) is 65.6 Å². The van der Waals surface area contributed by atoms with Crippen LogP contribution in [0.3, 0.4) is 0 Å². The van der Waals surface area contributed by atoms with Crippen molar-refractivity contribution in [3.8, 4) is 11.4 Å². The molecule has 0 saturated carbocycles. The summed E-state index contributed by atoms with van der Waals surface area (Å²) in [6.07, 6.45) is 1.13. The molecule has 7 heteroatoms. The summed E-state index contributed by atoms with van der Waals surface area (Å²) in [7, 11) is -3.28. The molecule has 0 amide bonds. The Balaban J connectivity index is 1.84. The summed E-state index contributed by atoms with van der Waals surface area (Å²) >= 11 is 0. The largest absolute Gasteiger partial charge is 0.366 e.